The number of para-hydroxylation sites is 1. The van der Waals surface area contributed by atoms with Crippen molar-refractivity contribution in [3.8, 4) is 0 Å². The minimum atomic E-state index is -0.801. The topological polar surface area (TPSA) is 53.1 Å². The summed E-state index contributed by atoms with van der Waals surface area (Å²) in [5.74, 6) is -0.801. The summed E-state index contributed by atoms with van der Waals surface area (Å²) in [6, 6.07) is 7.68. The van der Waals surface area contributed by atoms with Gasteiger partial charge < -0.3 is 10.1 Å². The molecule has 0 aliphatic heterocycles. The van der Waals surface area contributed by atoms with Crippen LogP contribution in [-0.2, 0) is 37.4 Å². The minimum Gasteiger partial charge on any atom is -0.481 e. The quantitative estimate of drug-likeness (QED) is 0.871. The van der Waals surface area contributed by atoms with Crippen LogP contribution in [0.5, 0.6) is 0 Å². The molecular formula is C10H9NO2Zr. The zero-order valence-electron chi connectivity index (χ0n) is 7.45. The van der Waals surface area contributed by atoms with Crippen LogP contribution in [0.25, 0.3) is 10.9 Å². The van der Waals surface area contributed by atoms with Crippen molar-refractivity contribution in [3.63, 3.8) is 0 Å². The summed E-state index contributed by atoms with van der Waals surface area (Å²) in [6.45, 7) is 0. The van der Waals surface area contributed by atoms with Crippen LogP contribution in [-0.4, -0.2) is 16.1 Å². The molecule has 0 aliphatic carbocycles. The molecule has 14 heavy (non-hydrogen) atoms. The molecule has 0 atom stereocenters. The van der Waals surface area contributed by atoms with Crippen LogP contribution in [0.1, 0.15) is 5.56 Å². The number of nitrogens with one attached hydrogen (secondary N) is 1. The van der Waals surface area contributed by atoms with Crippen molar-refractivity contribution in [2.75, 3.05) is 0 Å². The van der Waals surface area contributed by atoms with Crippen molar-refractivity contribution in [2.45, 2.75) is 6.42 Å². The third-order valence-electron chi connectivity index (χ3n) is 2.02. The van der Waals surface area contributed by atoms with Crippen molar-refractivity contribution in [3.05, 3.63) is 36.0 Å². The van der Waals surface area contributed by atoms with Gasteiger partial charge in [-0.05, 0) is 11.6 Å². The molecule has 0 unspecified atom stereocenters. The summed E-state index contributed by atoms with van der Waals surface area (Å²) in [5, 5.41) is 9.62. The molecule has 2 N–H and O–H groups in total. The zero-order chi connectivity index (χ0) is 9.26. The number of carboxylic acid groups (broad SMARTS) is 1. The molecule has 0 aliphatic rings. The van der Waals surface area contributed by atoms with E-state index in [1.165, 1.54) is 0 Å². The number of aliphatic carboxylic acids is 1. The van der Waals surface area contributed by atoms with Gasteiger partial charge in [0.15, 0.2) is 0 Å². The Labute approximate surface area is 100 Å². The van der Waals surface area contributed by atoms with Crippen LogP contribution in [0.4, 0.5) is 0 Å². The summed E-state index contributed by atoms with van der Waals surface area (Å²) >= 11 is 0. The van der Waals surface area contributed by atoms with Crippen molar-refractivity contribution in [2.24, 2.45) is 0 Å². The molecule has 0 radical (unpaired) electrons. The number of hydrogen-bond donors (Lipinski definition) is 2. The van der Waals surface area contributed by atoms with Gasteiger partial charge in [-0.25, -0.2) is 0 Å². The summed E-state index contributed by atoms with van der Waals surface area (Å²) in [4.78, 5) is 13.5. The predicted octanol–water partition coefficient (Wildman–Crippen LogP) is 1.79. The molecule has 0 saturated heterocycles. The van der Waals surface area contributed by atoms with E-state index in [-0.39, 0.29) is 32.6 Å². The van der Waals surface area contributed by atoms with Crippen molar-refractivity contribution >= 4 is 16.9 Å². The van der Waals surface area contributed by atoms with E-state index in [4.69, 9.17) is 5.11 Å². The Morgan fingerprint density at radius 2 is 2.07 bits per heavy atom. The Hall–Kier alpha value is -0.887. The maximum absolute atomic E-state index is 10.5. The first-order chi connectivity index (χ1) is 6.27. The van der Waals surface area contributed by atoms with Crippen LogP contribution in [0, 0.1) is 0 Å². The third-order valence-corrected chi connectivity index (χ3v) is 2.02. The Balaban J connectivity index is 0.000000980. The Kier molecular flexibility index (Phi) is 3.64. The fourth-order valence-corrected chi connectivity index (χ4v) is 1.44. The average molecular weight is 266 g/mol. The van der Waals surface area contributed by atoms with Gasteiger partial charge in [-0.1, -0.05) is 18.2 Å². The van der Waals surface area contributed by atoms with E-state index >= 15 is 0 Å². The first-order valence-corrected chi connectivity index (χ1v) is 4.04. The largest absolute Gasteiger partial charge is 0.481 e. The van der Waals surface area contributed by atoms with Crippen LogP contribution in [0.15, 0.2) is 30.5 Å². The fraction of sp³-hybridized carbons (Fsp3) is 0.100. The van der Waals surface area contributed by atoms with Crippen LogP contribution in [0.3, 0.4) is 0 Å². The van der Waals surface area contributed by atoms with E-state index < -0.39 is 5.97 Å². The SMILES string of the molecule is O=C(O)Cc1c[nH]c2ccccc12.[Zr]. The molecule has 0 amide bonds. The van der Waals surface area contributed by atoms with E-state index in [1.54, 1.807) is 6.20 Å². The molecule has 0 bridgehead atoms. The standard InChI is InChI=1S/C10H9NO2.Zr/c12-10(13)5-7-6-11-9-4-2-1-3-8(7)9;/h1-4,6,11H,5H2,(H,12,13);. The molecule has 2 rings (SSSR count). The predicted molar refractivity (Wildman–Crippen MR) is 49.6 cm³/mol. The van der Waals surface area contributed by atoms with Crippen LogP contribution >= 0.6 is 0 Å². The maximum atomic E-state index is 10.5. The van der Waals surface area contributed by atoms with Gasteiger partial charge in [0.05, 0.1) is 6.42 Å². The molecule has 1 aromatic heterocycles. The summed E-state index contributed by atoms with van der Waals surface area (Å²) < 4.78 is 0. The van der Waals surface area contributed by atoms with Gasteiger partial charge in [0, 0.05) is 43.3 Å². The third kappa shape index (κ3) is 2.13. The van der Waals surface area contributed by atoms with Crippen molar-refractivity contribution in [1.29, 1.82) is 0 Å². The second-order valence-corrected chi connectivity index (χ2v) is 2.93. The molecule has 0 fully saturated rings. The summed E-state index contributed by atoms with van der Waals surface area (Å²) in [5.41, 5.74) is 1.82. The van der Waals surface area contributed by atoms with Gasteiger partial charge in [-0.3, -0.25) is 4.79 Å². The minimum absolute atomic E-state index is 0. The molecule has 4 heteroatoms. The number of aromatic amines is 1. The van der Waals surface area contributed by atoms with E-state index in [2.05, 4.69) is 4.98 Å². The Morgan fingerprint density at radius 1 is 1.36 bits per heavy atom. The molecule has 1 aromatic carbocycles. The molecule has 0 saturated carbocycles. The van der Waals surface area contributed by atoms with E-state index in [9.17, 15) is 4.79 Å². The molecule has 70 valence electrons. The molecular weight excluding hydrogens is 257 g/mol. The van der Waals surface area contributed by atoms with Crippen molar-refractivity contribution in [1.82, 2.24) is 4.98 Å². The average Bonchev–Trinajstić information content (AvgIpc) is 2.48. The Bertz CT molecular complexity index is 450. The smallest absolute Gasteiger partial charge is 0.307 e. The summed E-state index contributed by atoms with van der Waals surface area (Å²) in [7, 11) is 0. The summed E-state index contributed by atoms with van der Waals surface area (Å²) in [6.07, 6.45) is 1.82. The second kappa shape index (κ2) is 4.56. The van der Waals surface area contributed by atoms with Gasteiger partial charge in [-0.2, -0.15) is 0 Å². The zero-order valence-corrected chi connectivity index (χ0v) is 9.91. The van der Waals surface area contributed by atoms with Gasteiger partial charge in [0.25, 0.3) is 0 Å². The van der Waals surface area contributed by atoms with Gasteiger partial charge in [0.1, 0.15) is 0 Å². The molecule has 0 spiro atoms. The Morgan fingerprint density at radius 3 is 2.79 bits per heavy atom. The normalized spacial score (nSPS) is 9.71. The van der Waals surface area contributed by atoms with E-state index in [0.29, 0.717) is 0 Å². The van der Waals surface area contributed by atoms with Gasteiger partial charge in [0.2, 0.25) is 0 Å². The fourth-order valence-electron chi connectivity index (χ4n) is 1.44. The first-order valence-electron chi connectivity index (χ1n) is 4.04. The number of aromatic nitrogens is 1. The number of carboxylic acids is 1. The van der Waals surface area contributed by atoms with Crippen molar-refractivity contribution < 1.29 is 36.1 Å². The molecule has 1 heterocycles. The number of rotatable bonds is 2. The second-order valence-electron chi connectivity index (χ2n) is 2.93. The molecule has 3 nitrogen and oxygen atoms in total. The van der Waals surface area contributed by atoms with Gasteiger partial charge in [-0.15, -0.1) is 0 Å². The van der Waals surface area contributed by atoms with E-state index in [0.717, 1.165) is 16.5 Å². The number of H-pyrrole nitrogens is 1. The monoisotopic (exact) mass is 265 g/mol. The first kappa shape index (κ1) is 11.2. The molecule has 2 aromatic rings. The van der Waals surface area contributed by atoms with E-state index in [1.807, 2.05) is 24.3 Å². The number of carbonyl (C=O) groups is 1. The maximum Gasteiger partial charge on any atom is 0.307 e. The van der Waals surface area contributed by atoms with Crippen LogP contribution in [0.2, 0.25) is 0 Å². The number of benzene rings is 1. The van der Waals surface area contributed by atoms with Gasteiger partial charge >= 0.3 is 5.97 Å². The van der Waals surface area contributed by atoms with Crippen LogP contribution < -0.4 is 0 Å². The number of hydrogen-bond acceptors (Lipinski definition) is 1. The number of fused-ring (bicyclic) bond motifs is 1.